The van der Waals surface area contributed by atoms with Crippen LogP contribution >= 0.6 is 11.6 Å². The Hall–Kier alpha value is -3.95. The zero-order valence-electron chi connectivity index (χ0n) is 24.5. The number of nitrogens with zero attached hydrogens (tertiary/aromatic N) is 4. The van der Waals surface area contributed by atoms with Crippen LogP contribution in [0.4, 0.5) is 11.6 Å². The molecule has 10 heteroatoms. The number of halogens is 1. The van der Waals surface area contributed by atoms with Gasteiger partial charge in [-0.2, -0.15) is 0 Å². The Morgan fingerprint density at radius 2 is 1.95 bits per heavy atom. The lowest BCUT2D eigenvalue weighted by atomic mass is 9.88. The van der Waals surface area contributed by atoms with E-state index in [0.29, 0.717) is 58.0 Å². The van der Waals surface area contributed by atoms with Gasteiger partial charge in [-0.15, -0.1) is 0 Å². The SMILES string of the molecule is CN=C(C1=C(N)CCc2cnc(Nc3ccc(C(=O)NCC(C)(C)CN(C)C)cc3OC)nc21)c1ccccc1Cl. The number of benzene rings is 2. The Morgan fingerprint density at radius 1 is 1.20 bits per heavy atom. The van der Waals surface area contributed by atoms with E-state index in [1.807, 2.05) is 38.4 Å². The molecule has 0 saturated carbocycles. The van der Waals surface area contributed by atoms with Crippen molar-refractivity contribution in [3.05, 3.63) is 81.8 Å². The van der Waals surface area contributed by atoms with Gasteiger partial charge in [0.1, 0.15) is 5.75 Å². The lowest BCUT2D eigenvalue weighted by Crippen LogP contribution is -2.39. The summed E-state index contributed by atoms with van der Waals surface area (Å²) in [4.78, 5) is 29.0. The maximum absolute atomic E-state index is 12.9. The molecule has 4 N–H and O–H groups in total. The molecule has 0 radical (unpaired) electrons. The zero-order chi connectivity index (χ0) is 29.7. The summed E-state index contributed by atoms with van der Waals surface area (Å²) in [6, 6.07) is 12.8. The fourth-order valence-electron chi connectivity index (χ4n) is 5.09. The van der Waals surface area contributed by atoms with Crippen molar-refractivity contribution in [1.82, 2.24) is 20.2 Å². The molecule has 0 fully saturated rings. The van der Waals surface area contributed by atoms with Crippen molar-refractivity contribution in [2.75, 3.05) is 46.7 Å². The Balaban J connectivity index is 1.59. The molecule has 1 amide bonds. The van der Waals surface area contributed by atoms with Crippen molar-refractivity contribution in [2.24, 2.45) is 16.1 Å². The smallest absolute Gasteiger partial charge is 0.251 e. The van der Waals surface area contributed by atoms with Crippen LogP contribution < -0.4 is 21.1 Å². The summed E-state index contributed by atoms with van der Waals surface area (Å²) < 4.78 is 5.62. The summed E-state index contributed by atoms with van der Waals surface area (Å²) in [5, 5.41) is 6.87. The molecule has 41 heavy (non-hydrogen) atoms. The van der Waals surface area contributed by atoms with Crippen molar-refractivity contribution in [3.63, 3.8) is 0 Å². The van der Waals surface area contributed by atoms with Gasteiger partial charge in [0, 0.05) is 53.8 Å². The molecule has 1 heterocycles. The molecular formula is C31H38ClN7O2. The van der Waals surface area contributed by atoms with Crippen molar-refractivity contribution in [3.8, 4) is 5.75 Å². The average molecular weight is 576 g/mol. The molecule has 216 valence electrons. The molecule has 3 aromatic rings. The largest absolute Gasteiger partial charge is 0.495 e. The van der Waals surface area contributed by atoms with Gasteiger partial charge in [0.2, 0.25) is 5.95 Å². The summed E-state index contributed by atoms with van der Waals surface area (Å²) in [6.45, 7) is 5.65. The van der Waals surface area contributed by atoms with E-state index in [9.17, 15) is 4.79 Å². The Labute approximate surface area is 246 Å². The van der Waals surface area contributed by atoms with E-state index in [1.54, 1.807) is 38.6 Å². The second-order valence-corrected chi connectivity index (χ2v) is 11.6. The number of carbonyl (C=O) groups is 1. The standard InChI is InChI=1S/C31H38ClN7O2/c1-31(2,18-39(4)5)17-36-29(40)19-12-14-24(25(15-19)41-6)37-30-35-16-20-11-13-23(33)26(27(20)38-30)28(34-3)21-9-7-8-10-22(21)32/h7-10,12,14-16H,11,13,17-18,33H2,1-6H3,(H,36,40)(H,35,37,38). The minimum atomic E-state index is -0.164. The fraction of sp³-hybridized carbons (Fsp3) is 0.355. The van der Waals surface area contributed by atoms with Gasteiger partial charge in [-0.3, -0.25) is 9.79 Å². The van der Waals surface area contributed by atoms with Crippen molar-refractivity contribution in [1.29, 1.82) is 0 Å². The predicted molar refractivity (Wildman–Crippen MR) is 166 cm³/mol. The first-order chi connectivity index (χ1) is 19.5. The van der Waals surface area contributed by atoms with E-state index < -0.39 is 0 Å². The number of methoxy groups -OCH3 is 1. The maximum atomic E-state index is 12.9. The van der Waals surface area contributed by atoms with Crippen LogP contribution in [0, 0.1) is 5.41 Å². The highest BCUT2D eigenvalue weighted by molar-refractivity contribution is 6.40. The van der Waals surface area contributed by atoms with Crippen LogP contribution in [0.5, 0.6) is 5.75 Å². The quantitative estimate of drug-likeness (QED) is 0.293. The number of hydrogen-bond acceptors (Lipinski definition) is 8. The number of rotatable bonds is 10. The van der Waals surface area contributed by atoms with E-state index >= 15 is 0 Å². The third kappa shape index (κ3) is 7.04. The molecule has 0 atom stereocenters. The topological polar surface area (TPSA) is 118 Å². The predicted octanol–water partition coefficient (Wildman–Crippen LogP) is 4.93. The molecule has 9 nitrogen and oxygen atoms in total. The van der Waals surface area contributed by atoms with Gasteiger partial charge in [-0.05, 0) is 62.2 Å². The fourth-order valence-corrected chi connectivity index (χ4v) is 5.31. The highest BCUT2D eigenvalue weighted by Gasteiger charge is 2.26. The number of ether oxygens (including phenoxy) is 1. The van der Waals surface area contributed by atoms with Gasteiger partial charge in [-0.25, -0.2) is 9.97 Å². The van der Waals surface area contributed by atoms with Gasteiger partial charge in [0.05, 0.1) is 24.2 Å². The molecule has 0 bridgehead atoms. The molecular weight excluding hydrogens is 538 g/mol. The normalized spacial score (nSPS) is 13.7. The number of fused-ring (bicyclic) bond motifs is 1. The third-order valence-corrected chi connectivity index (χ3v) is 7.19. The van der Waals surface area contributed by atoms with Crippen molar-refractivity contribution < 1.29 is 9.53 Å². The summed E-state index contributed by atoms with van der Waals surface area (Å²) in [5.74, 6) is 0.697. The van der Waals surface area contributed by atoms with E-state index in [2.05, 4.69) is 39.4 Å². The minimum Gasteiger partial charge on any atom is -0.495 e. The van der Waals surface area contributed by atoms with Crippen LogP contribution in [-0.4, -0.2) is 67.8 Å². The van der Waals surface area contributed by atoms with Crippen LogP contribution in [0.3, 0.4) is 0 Å². The number of aromatic nitrogens is 2. The summed E-state index contributed by atoms with van der Waals surface area (Å²) in [6.07, 6.45) is 3.20. The van der Waals surface area contributed by atoms with Gasteiger partial charge in [-0.1, -0.05) is 43.6 Å². The monoisotopic (exact) mass is 575 g/mol. The summed E-state index contributed by atoms with van der Waals surface area (Å²) in [5.41, 5.74) is 12.2. The molecule has 4 rings (SSSR count). The van der Waals surface area contributed by atoms with Gasteiger partial charge >= 0.3 is 0 Å². The van der Waals surface area contributed by atoms with Crippen LogP contribution in [0.25, 0.3) is 5.57 Å². The first-order valence-electron chi connectivity index (χ1n) is 13.5. The molecule has 2 aromatic carbocycles. The average Bonchev–Trinajstić information content (AvgIpc) is 2.93. The van der Waals surface area contributed by atoms with E-state index in [4.69, 9.17) is 27.1 Å². The number of allylic oxidation sites excluding steroid dienone is 2. The molecule has 0 spiro atoms. The number of carbonyl (C=O) groups excluding carboxylic acids is 1. The Bertz CT molecular complexity index is 1500. The highest BCUT2D eigenvalue weighted by atomic mass is 35.5. The van der Waals surface area contributed by atoms with Crippen molar-refractivity contribution >= 4 is 40.4 Å². The summed E-state index contributed by atoms with van der Waals surface area (Å²) >= 11 is 6.53. The third-order valence-electron chi connectivity index (χ3n) is 6.86. The van der Waals surface area contributed by atoms with Crippen LogP contribution in [-0.2, 0) is 6.42 Å². The number of nitrogens with one attached hydrogen (secondary N) is 2. The lowest BCUT2D eigenvalue weighted by Gasteiger charge is -2.28. The van der Waals surface area contributed by atoms with E-state index in [-0.39, 0.29) is 11.3 Å². The lowest BCUT2D eigenvalue weighted by molar-refractivity contribution is 0.0929. The molecule has 1 aliphatic carbocycles. The number of hydrogen-bond donors (Lipinski definition) is 3. The molecule has 0 aliphatic heterocycles. The van der Waals surface area contributed by atoms with Gasteiger partial charge in [0.25, 0.3) is 5.91 Å². The number of aliphatic imine (C=N–C) groups is 1. The Morgan fingerprint density at radius 3 is 2.63 bits per heavy atom. The maximum Gasteiger partial charge on any atom is 0.251 e. The first kappa shape index (κ1) is 30.0. The Kier molecular flexibility index (Phi) is 9.30. The second kappa shape index (κ2) is 12.7. The van der Waals surface area contributed by atoms with Crippen LogP contribution in [0.1, 0.15) is 47.4 Å². The first-order valence-corrected chi connectivity index (χ1v) is 13.9. The summed E-state index contributed by atoms with van der Waals surface area (Å²) in [7, 11) is 7.33. The molecule has 1 aromatic heterocycles. The number of anilines is 2. The molecule has 0 unspecified atom stereocenters. The van der Waals surface area contributed by atoms with Crippen LogP contribution in [0.15, 0.2) is 59.4 Å². The minimum absolute atomic E-state index is 0.0700. The van der Waals surface area contributed by atoms with Crippen LogP contribution in [0.2, 0.25) is 5.02 Å². The van der Waals surface area contributed by atoms with Gasteiger partial charge in [0.15, 0.2) is 0 Å². The van der Waals surface area contributed by atoms with Crippen molar-refractivity contribution in [2.45, 2.75) is 26.7 Å². The van der Waals surface area contributed by atoms with E-state index in [1.165, 1.54) is 0 Å². The van der Waals surface area contributed by atoms with Gasteiger partial charge < -0.3 is 26.0 Å². The number of aryl methyl sites for hydroxylation is 1. The molecule has 1 aliphatic rings. The number of nitrogens with two attached hydrogens (primary N) is 1. The molecule has 0 saturated heterocycles. The van der Waals surface area contributed by atoms with E-state index in [0.717, 1.165) is 29.7 Å². The zero-order valence-corrected chi connectivity index (χ0v) is 25.3. The highest BCUT2D eigenvalue weighted by Crippen LogP contribution is 2.34. The second-order valence-electron chi connectivity index (χ2n) is 11.1. The number of amides is 1.